The first-order valence-corrected chi connectivity index (χ1v) is 11.9. The summed E-state index contributed by atoms with van der Waals surface area (Å²) in [5.74, 6) is -0.969. The molecule has 1 atom stereocenters. The van der Waals surface area contributed by atoms with Gasteiger partial charge in [-0.25, -0.2) is 4.79 Å². The van der Waals surface area contributed by atoms with E-state index in [2.05, 4.69) is 29.5 Å². The Morgan fingerprint density at radius 2 is 2.00 bits per heavy atom. The number of carbonyl (C=O) groups is 3. The molecule has 3 rings (SSSR count). The molecule has 1 aliphatic heterocycles. The largest absolute Gasteiger partial charge is 0.444 e. The zero-order valence-electron chi connectivity index (χ0n) is 20.8. The zero-order valence-corrected chi connectivity index (χ0v) is 21.7. The average Bonchev–Trinajstić information content (AvgIpc) is 2.85. The van der Waals surface area contributed by atoms with E-state index in [-0.39, 0.29) is 47.9 Å². The van der Waals surface area contributed by atoms with Gasteiger partial charge in [0.05, 0.1) is 16.4 Å². The SMILES string of the molecule is C=C(C(=O)N1CCN(C(=O)OC(C)(C)C)C(C(=O)NCc2cccnc2)C1)c1ccc(S)c([N+](=O)[O-])c1. The van der Waals surface area contributed by atoms with E-state index >= 15 is 0 Å². The molecule has 1 fully saturated rings. The van der Waals surface area contributed by atoms with Crippen LogP contribution in [0.15, 0.2) is 54.2 Å². The van der Waals surface area contributed by atoms with Crippen LogP contribution in [0, 0.1) is 10.1 Å². The van der Waals surface area contributed by atoms with Crippen molar-refractivity contribution in [3.63, 3.8) is 0 Å². The van der Waals surface area contributed by atoms with E-state index in [0.29, 0.717) is 0 Å². The predicted molar refractivity (Wildman–Crippen MR) is 139 cm³/mol. The number of ether oxygens (including phenoxy) is 1. The molecule has 0 saturated carbocycles. The van der Waals surface area contributed by atoms with Gasteiger partial charge in [0.25, 0.3) is 11.6 Å². The number of nitro benzene ring substituents is 1. The number of thiol groups is 1. The molecular weight excluding hydrogens is 498 g/mol. The highest BCUT2D eigenvalue weighted by Crippen LogP contribution is 2.28. The molecular formula is C25H29N5O6S. The normalized spacial score (nSPS) is 15.6. The number of nitro groups is 1. The Labute approximate surface area is 220 Å². The number of rotatable bonds is 6. The lowest BCUT2D eigenvalue weighted by molar-refractivity contribution is -0.387. The first-order valence-electron chi connectivity index (χ1n) is 11.5. The number of nitrogens with zero attached hydrogens (tertiary/aromatic N) is 4. The van der Waals surface area contributed by atoms with Crippen molar-refractivity contribution in [1.82, 2.24) is 20.1 Å². The smallest absolute Gasteiger partial charge is 0.411 e. The van der Waals surface area contributed by atoms with E-state index in [1.54, 1.807) is 45.3 Å². The van der Waals surface area contributed by atoms with Crippen LogP contribution in [0.25, 0.3) is 5.57 Å². The fraction of sp³-hybridized carbons (Fsp3) is 0.360. The lowest BCUT2D eigenvalue weighted by Crippen LogP contribution is -2.62. The molecule has 0 spiro atoms. The number of amides is 3. The number of piperazine rings is 1. The molecule has 0 bridgehead atoms. The molecule has 2 aromatic rings. The molecule has 37 heavy (non-hydrogen) atoms. The maximum absolute atomic E-state index is 13.3. The highest BCUT2D eigenvalue weighted by molar-refractivity contribution is 7.80. The summed E-state index contributed by atoms with van der Waals surface area (Å²) in [6.07, 6.45) is 2.56. The first kappa shape index (κ1) is 27.7. The van der Waals surface area contributed by atoms with Crippen molar-refractivity contribution >= 4 is 41.8 Å². The number of benzene rings is 1. The van der Waals surface area contributed by atoms with Gasteiger partial charge in [-0.3, -0.25) is 29.6 Å². The zero-order chi connectivity index (χ0) is 27.3. The molecule has 12 heteroatoms. The summed E-state index contributed by atoms with van der Waals surface area (Å²) in [7, 11) is 0. The van der Waals surface area contributed by atoms with Gasteiger partial charge in [0.1, 0.15) is 11.6 Å². The summed E-state index contributed by atoms with van der Waals surface area (Å²) >= 11 is 4.08. The Morgan fingerprint density at radius 3 is 2.62 bits per heavy atom. The van der Waals surface area contributed by atoms with Crippen LogP contribution >= 0.6 is 12.6 Å². The maximum Gasteiger partial charge on any atom is 0.411 e. The van der Waals surface area contributed by atoms with Gasteiger partial charge in [0.15, 0.2) is 0 Å². The van der Waals surface area contributed by atoms with Crippen LogP contribution in [0.3, 0.4) is 0 Å². The van der Waals surface area contributed by atoms with Crippen LogP contribution in [-0.2, 0) is 20.9 Å². The Kier molecular flexibility index (Phi) is 8.53. The second-order valence-electron chi connectivity index (χ2n) is 9.46. The summed E-state index contributed by atoms with van der Waals surface area (Å²) in [6, 6.07) is 6.69. The minimum atomic E-state index is -1.02. The van der Waals surface area contributed by atoms with Crippen molar-refractivity contribution in [3.05, 3.63) is 70.5 Å². The summed E-state index contributed by atoms with van der Waals surface area (Å²) in [5.41, 5.74) is 0.0321. The molecule has 1 aliphatic rings. The van der Waals surface area contributed by atoms with E-state index in [4.69, 9.17) is 4.74 Å². The number of hydrogen-bond donors (Lipinski definition) is 2. The van der Waals surface area contributed by atoms with Gasteiger partial charge >= 0.3 is 6.09 Å². The first-order chi connectivity index (χ1) is 17.4. The van der Waals surface area contributed by atoms with E-state index in [9.17, 15) is 24.5 Å². The molecule has 1 unspecified atom stereocenters. The molecule has 0 radical (unpaired) electrons. The molecule has 1 N–H and O–H groups in total. The molecule has 3 amide bonds. The lowest BCUT2D eigenvalue weighted by Gasteiger charge is -2.41. The second-order valence-corrected chi connectivity index (χ2v) is 9.94. The van der Waals surface area contributed by atoms with Gasteiger partial charge in [-0.05, 0) is 44.0 Å². The van der Waals surface area contributed by atoms with E-state index in [0.717, 1.165) is 5.56 Å². The Morgan fingerprint density at radius 1 is 1.27 bits per heavy atom. The highest BCUT2D eigenvalue weighted by Gasteiger charge is 2.39. The van der Waals surface area contributed by atoms with Crippen molar-refractivity contribution in [2.75, 3.05) is 19.6 Å². The second kappa shape index (κ2) is 11.4. The third kappa shape index (κ3) is 7.06. The van der Waals surface area contributed by atoms with Gasteiger partial charge in [-0.1, -0.05) is 18.7 Å². The van der Waals surface area contributed by atoms with E-state index < -0.39 is 34.5 Å². The summed E-state index contributed by atoms with van der Waals surface area (Å²) in [6.45, 7) is 9.25. The monoisotopic (exact) mass is 527 g/mol. The van der Waals surface area contributed by atoms with Gasteiger partial charge in [-0.2, -0.15) is 0 Å². The lowest BCUT2D eigenvalue weighted by atomic mass is 10.0. The summed E-state index contributed by atoms with van der Waals surface area (Å²) < 4.78 is 5.48. The quantitative estimate of drug-likeness (QED) is 0.255. The highest BCUT2D eigenvalue weighted by atomic mass is 32.1. The van der Waals surface area contributed by atoms with Crippen LogP contribution in [-0.4, -0.2) is 68.9 Å². The molecule has 11 nitrogen and oxygen atoms in total. The van der Waals surface area contributed by atoms with Gasteiger partial charge in [0, 0.05) is 43.7 Å². The number of nitrogens with one attached hydrogen (secondary N) is 1. The fourth-order valence-corrected chi connectivity index (χ4v) is 3.93. The molecule has 196 valence electrons. The number of carbonyl (C=O) groups excluding carboxylic acids is 3. The van der Waals surface area contributed by atoms with Gasteiger partial charge in [0.2, 0.25) is 5.91 Å². The van der Waals surface area contributed by atoms with Gasteiger partial charge < -0.3 is 15.0 Å². The summed E-state index contributed by atoms with van der Waals surface area (Å²) in [4.78, 5) is 56.9. The van der Waals surface area contributed by atoms with E-state index in [1.165, 1.54) is 28.0 Å². The predicted octanol–water partition coefficient (Wildman–Crippen LogP) is 3.06. The molecule has 2 heterocycles. The molecule has 1 aromatic carbocycles. The Balaban J connectivity index is 1.80. The minimum Gasteiger partial charge on any atom is -0.444 e. The molecule has 0 aliphatic carbocycles. The van der Waals surface area contributed by atoms with Crippen molar-refractivity contribution in [2.45, 2.75) is 43.9 Å². The third-order valence-electron chi connectivity index (χ3n) is 5.57. The fourth-order valence-electron chi connectivity index (χ4n) is 3.71. The van der Waals surface area contributed by atoms with Crippen molar-refractivity contribution in [2.24, 2.45) is 0 Å². The Bertz CT molecular complexity index is 1210. The standard InChI is InChI=1S/C25H29N5O6S/c1-16(18-7-8-21(37)19(12-18)30(34)35)23(32)28-10-11-29(24(33)36-25(2,3)4)20(15-28)22(31)27-14-17-6-5-9-26-13-17/h5-9,12-13,20,37H,1,10-11,14-15H2,2-4H3,(H,27,31). The summed E-state index contributed by atoms with van der Waals surface area (Å²) in [5, 5.41) is 14.1. The third-order valence-corrected chi connectivity index (χ3v) is 5.94. The van der Waals surface area contributed by atoms with Crippen LogP contribution in [0.5, 0.6) is 0 Å². The van der Waals surface area contributed by atoms with Crippen molar-refractivity contribution in [1.29, 1.82) is 0 Å². The van der Waals surface area contributed by atoms with Crippen molar-refractivity contribution < 1.29 is 24.0 Å². The minimum absolute atomic E-state index is 0.0247. The van der Waals surface area contributed by atoms with Crippen LogP contribution < -0.4 is 5.32 Å². The number of hydrogen-bond acceptors (Lipinski definition) is 8. The molecule has 1 saturated heterocycles. The van der Waals surface area contributed by atoms with Crippen LogP contribution in [0.1, 0.15) is 31.9 Å². The number of aromatic nitrogens is 1. The Hall–Kier alpha value is -3.93. The number of pyridine rings is 1. The van der Waals surface area contributed by atoms with E-state index in [1.807, 2.05) is 0 Å². The average molecular weight is 528 g/mol. The molecule has 1 aromatic heterocycles. The van der Waals surface area contributed by atoms with Crippen LogP contribution in [0.2, 0.25) is 0 Å². The van der Waals surface area contributed by atoms with Crippen LogP contribution in [0.4, 0.5) is 10.5 Å². The van der Waals surface area contributed by atoms with Gasteiger partial charge in [-0.15, -0.1) is 12.6 Å². The topological polar surface area (TPSA) is 135 Å². The van der Waals surface area contributed by atoms with Crippen molar-refractivity contribution in [3.8, 4) is 0 Å². The maximum atomic E-state index is 13.3.